The van der Waals surface area contributed by atoms with Crippen molar-refractivity contribution >= 4 is 17.7 Å². The van der Waals surface area contributed by atoms with Crippen LogP contribution in [0, 0.1) is 5.92 Å². The summed E-state index contributed by atoms with van der Waals surface area (Å²) in [6.45, 7) is 6.29. The molecule has 9 heteroatoms. The molecule has 2 atom stereocenters. The van der Waals surface area contributed by atoms with Crippen LogP contribution in [0.3, 0.4) is 0 Å². The zero-order chi connectivity index (χ0) is 26.2. The molecule has 0 aliphatic carbocycles. The number of carbonyl (C=O) groups excluding carboxylic acids is 3. The SMILES string of the molecule is CC(C)CN(O)C(=O)[C@@H](O)CC(=O)N[C@H](C(=O)NC(c1ccccc1)c1ccccc1)C(C)(C)O. The maximum atomic E-state index is 13.3. The van der Waals surface area contributed by atoms with Crippen molar-refractivity contribution in [2.75, 3.05) is 6.54 Å². The fourth-order valence-corrected chi connectivity index (χ4v) is 3.53. The minimum absolute atomic E-state index is 0.00737. The van der Waals surface area contributed by atoms with Gasteiger partial charge in [-0.05, 0) is 30.9 Å². The molecule has 9 nitrogen and oxygen atoms in total. The number of hydroxylamine groups is 2. The van der Waals surface area contributed by atoms with E-state index in [0.717, 1.165) is 11.1 Å². The third kappa shape index (κ3) is 8.47. The first-order chi connectivity index (χ1) is 16.4. The molecule has 0 aliphatic heterocycles. The van der Waals surface area contributed by atoms with Gasteiger partial charge in [-0.2, -0.15) is 0 Å². The Morgan fingerprint density at radius 1 is 0.914 bits per heavy atom. The molecule has 0 aliphatic rings. The molecule has 35 heavy (non-hydrogen) atoms. The van der Waals surface area contributed by atoms with Gasteiger partial charge in [-0.3, -0.25) is 19.6 Å². The molecular formula is C26H35N3O6. The smallest absolute Gasteiger partial charge is 0.275 e. The number of rotatable bonds is 11. The quantitative estimate of drug-likeness (QED) is 0.243. The van der Waals surface area contributed by atoms with E-state index in [2.05, 4.69) is 10.6 Å². The second-order valence-electron chi connectivity index (χ2n) is 9.45. The lowest BCUT2D eigenvalue weighted by atomic mass is 9.94. The highest BCUT2D eigenvalue weighted by atomic mass is 16.5. The third-order valence-electron chi connectivity index (χ3n) is 5.28. The summed E-state index contributed by atoms with van der Waals surface area (Å²) < 4.78 is 0. The Kier molecular flexibility index (Phi) is 9.94. The van der Waals surface area contributed by atoms with E-state index in [1.54, 1.807) is 13.8 Å². The van der Waals surface area contributed by atoms with E-state index in [4.69, 9.17) is 0 Å². The van der Waals surface area contributed by atoms with Gasteiger partial charge in [0.1, 0.15) is 12.1 Å². The first-order valence-corrected chi connectivity index (χ1v) is 11.5. The molecule has 190 valence electrons. The highest BCUT2D eigenvalue weighted by Gasteiger charge is 2.37. The minimum atomic E-state index is -1.80. The Morgan fingerprint density at radius 3 is 1.83 bits per heavy atom. The maximum absolute atomic E-state index is 13.3. The highest BCUT2D eigenvalue weighted by molar-refractivity contribution is 5.91. The first kappa shape index (κ1) is 28.0. The number of carbonyl (C=O) groups is 3. The molecule has 3 amide bonds. The number of nitrogens with one attached hydrogen (secondary N) is 2. The molecule has 2 rings (SSSR count). The van der Waals surface area contributed by atoms with Crippen molar-refractivity contribution in [3.05, 3.63) is 71.8 Å². The molecule has 0 fully saturated rings. The van der Waals surface area contributed by atoms with Gasteiger partial charge in [-0.1, -0.05) is 74.5 Å². The van der Waals surface area contributed by atoms with Crippen molar-refractivity contribution in [2.24, 2.45) is 5.92 Å². The molecule has 0 bridgehead atoms. The van der Waals surface area contributed by atoms with Crippen LogP contribution in [-0.2, 0) is 14.4 Å². The Labute approximate surface area is 205 Å². The topological polar surface area (TPSA) is 139 Å². The number of benzene rings is 2. The van der Waals surface area contributed by atoms with Gasteiger partial charge in [0, 0.05) is 0 Å². The molecule has 2 aromatic rings. The summed E-state index contributed by atoms with van der Waals surface area (Å²) >= 11 is 0. The van der Waals surface area contributed by atoms with Crippen molar-refractivity contribution < 1.29 is 29.8 Å². The van der Waals surface area contributed by atoms with Crippen molar-refractivity contribution in [3.8, 4) is 0 Å². The van der Waals surface area contributed by atoms with Gasteiger partial charge in [-0.15, -0.1) is 0 Å². The van der Waals surface area contributed by atoms with Crippen LogP contribution in [0.25, 0.3) is 0 Å². The van der Waals surface area contributed by atoms with Crippen LogP contribution < -0.4 is 10.6 Å². The van der Waals surface area contributed by atoms with Gasteiger partial charge < -0.3 is 20.8 Å². The van der Waals surface area contributed by atoms with Crippen molar-refractivity contribution in [1.82, 2.24) is 15.7 Å². The second kappa shape index (κ2) is 12.4. The normalized spacial score (nSPS) is 13.3. The maximum Gasteiger partial charge on any atom is 0.275 e. The predicted octanol–water partition coefficient (Wildman–Crippen LogP) is 1.77. The summed E-state index contributed by atoms with van der Waals surface area (Å²) in [6, 6.07) is 16.6. The summed E-state index contributed by atoms with van der Waals surface area (Å²) in [5.41, 5.74) is -0.0445. The lowest BCUT2D eigenvalue weighted by Crippen LogP contribution is -2.58. The summed E-state index contributed by atoms with van der Waals surface area (Å²) in [6.07, 6.45) is -2.49. The van der Waals surface area contributed by atoms with Gasteiger partial charge in [0.2, 0.25) is 11.8 Å². The predicted molar refractivity (Wildman–Crippen MR) is 130 cm³/mol. The molecule has 0 aromatic heterocycles. The van der Waals surface area contributed by atoms with E-state index in [0.29, 0.717) is 5.06 Å². The van der Waals surface area contributed by atoms with Crippen LogP contribution >= 0.6 is 0 Å². The third-order valence-corrected chi connectivity index (χ3v) is 5.28. The van der Waals surface area contributed by atoms with Crippen LogP contribution in [0.2, 0.25) is 0 Å². The minimum Gasteiger partial charge on any atom is -0.388 e. The van der Waals surface area contributed by atoms with Gasteiger partial charge in [0.15, 0.2) is 0 Å². The number of nitrogens with zero attached hydrogens (tertiary/aromatic N) is 1. The van der Waals surface area contributed by atoms with E-state index in [1.807, 2.05) is 60.7 Å². The monoisotopic (exact) mass is 485 g/mol. The number of aliphatic hydroxyl groups is 2. The fraction of sp³-hybridized carbons (Fsp3) is 0.423. The van der Waals surface area contributed by atoms with E-state index in [9.17, 15) is 29.8 Å². The Hall–Kier alpha value is -3.27. The zero-order valence-electron chi connectivity index (χ0n) is 20.5. The average Bonchev–Trinajstić information content (AvgIpc) is 2.80. The summed E-state index contributed by atoms with van der Waals surface area (Å²) in [5, 5.41) is 36.2. The molecule has 0 unspecified atom stereocenters. The van der Waals surface area contributed by atoms with Crippen molar-refractivity contribution in [2.45, 2.75) is 57.9 Å². The molecule has 0 spiro atoms. The summed E-state index contributed by atoms with van der Waals surface area (Å²) in [5.74, 6) is -2.54. The van der Waals surface area contributed by atoms with Crippen LogP contribution in [0.15, 0.2) is 60.7 Å². The highest BCUT2D eigenvalue weighted by Crippen LogP contribution is 2.23. The number of aliphatic hydroxyl groups excluding tert-OH is 1. The number of hydrogen-bond donors (Lipinski definition) is 5. The molecule has 2 aromatic carbocycles. The number of amides is 3. The zero-order valence-corrected chi connectivity index (χ0v) is 20.5. The molecule has 0 radical (unpaired) electrons. The Morgan fingerprint density at radius 2 is 1.40 bits per heavy atom. The van der Waals surface area contributed by atoms with Gasteiger partial charge in [-0.25, -0.2) is 5.06 Å². The van der Waals surface area contributed by atoms with Crippen molar-refractivity contribution in [1.29, 1.82) is 0 Å². The van der Waals surface area contributed by atoms with E-state index < -0.39 is 47.9 Å². The van der Waals surface area contributed by atoms with Crippen LogP contribution in [0.1, 0.15) is 51.3 Å². The largest absolute Gasteiger partial charge is 0.388 e. The van der Waals surface area contributed by atoms with Gasteiger partial charge in [0.05, 0.1) is 24.6 Å². The van der Waals surface area contributed by atoms with Crippen LogP contribution in [0.4, 0.5) is 0 Å². The Bertz CT molecular complexity index is 936. The molecular weight excluding hydrogens is 450 g/mol. The molecule has 0 saturated carbocycles. The van der Waals surface area contributed by atoms with Crippen LogP contribution in [0.5, 0.6) is 0 Å². The van der Waals surface area contributed by atoms with E-state index >= 15 is 0 Å². The Balaban J connectivity index is 2.17. The van der Waals surface area contributed by atoms with E-state index in [-0.39, 0.29) is 12.5 Å². The second-order valence-corrected chi connectivity index (χ2v) is 9.45. The summed E-state index contributed by atoms with van der Waals surface area (Å²) in [7, 11) is 0. The molecule has 0 saturated heterocycles. The fourth-order valence-electron chi connectivity index (χ4n) is 3.53. The lowest BCUT2D eigenvalue weighted by Gasteiger charge is -2.31. The van der Waals surface area contributed by atoms with E-state index in [1.165, 1.54) is 13.8 Å². The van der Waals surface area contributed by atoms with Crippen LogP contribution in [-0.4, -0.2) is 62.5 Å². The molecule has 0 heterocycles. The first-order valence-electron chi connectivity index (χ1n) is 11.5. The molecule has 5 N–H and O–H groups in total. The summed E-state index contributed by atoms with van der Waals surface area (Å²) in [4.78, 5) is 38.0. The van der Waals surface area contributed by atoms with Gasteiger partial charge in [0.25, 0.3) is 5.91 Å². The van der Waals surface area contributed by atoms with Gasteiger partial charge >= 0.3 is 0 Å². The lowest BCUT2D eigenvalue weighted by molar-refractivity contribution is -0.177. The standard InChI is InChI=1S/C26H35N3O6/c1-17(2)16-29(35)25(33)20(30)15-21(31)27-23(26(3,4)34)24(32)28-22(18-11-7-5-8-12-18)19-13-9-6-10-14-19/h5-14,17,20,22-23,30,34-35H,15-16H2,1-4H3,(H,27,31)(H,28,32)/t20-,23+/m0/s1. The number of hydrogen-bond acceptors (Lipinski definition) is 6. The van der Waals surface area contributed by atoms with Crippen molar-refractivity contribution in [3.63, 3.8) is 0 Å². The average molecular weight is 486 g/mol.